The van der Waals surface area contributed by atoms with Crippen LogP contribution in [0.15, 0.2) is 54.6 Å². The summed E-state index contributed by atoms with van der Waals surface area (Å²) in [7, 11) is 1.44. The number of anilines is 1. The van der Waals surface area contributed by atoms with Gasteiger partial charge in [0.15, 0.2) is 0 Å². The number of rotatable bonds is 6. The second-order valence-corrected chi connectivity index (χ2v) is 6.57. The Morgan fingerprint density at radius 3 is 2.61 bits per heavy atom. The third kappa shape index (κ3) is 3.44. The lowest BCUT2D eigenvalue weighted by molar-refractivity contribution is -0.384. The lowest BCUT2D eigenvalue weighted by Crippen LogP contribution is -2.17. The summed E-state index contributed by atoms with van der Waals surface area (Å²) in [4.78, 5) is 23.6. The zero-order chi connectivity index (χ0) is 19.7. The van der Waals surface area contributed by atoms with Crippen molar-refractivity contribution in [3.05, 3.63) is 76.1 Å². The molecule has 0 unspecified atom stereocenters. The zero-order valence-electron chi connectivity index (χ0n) is 15.2. The Labute approximate surface area is 160 Å². The normalized spacial score (nSPS) is 13.2. The Morgan fingerprint density at radius 1 is 1.21 bits per heavy atom. The predicted octanol–water partition coefficient (Wildman–Crippen LogP) is 3.92. The number of nitrogens with zero attached hydrogens (tertiary/aromatic N) is 3. The second kappa shape index (κ2) is 7.15. The lowest BCUT2D eigenvalue weighted by Gasteiger charge is -2.11. The van der Waals surface area contributed by atoms with Gasteiger partial charge in [0.05, 0.1) is 29.1 Å². The number of carbonyl (C=O) groups is 1. The minimum Gasteiger partial charge on any atom is -0.495 e. The van der Waals surface area contributed by atoms with Crippen LogP contribution in [0.5, 0.6) is 5.75 Å². The number of aromatic nitrogens is 2. The van der Waals surface area contributed by atoms with Gasteiger partial charge in [-0.05, 0) is 37.1 Å². The van der Waals surface area contributed by atoms with Crippen LogP contribution in [0, 0.1) is 10.1 Å². The zero-order valence-corrected chi connectivity index (χ0v) is 15.2. The number of benzene rings is 2. The molecule has 1 heterocycles. The van der Waals surface area contributed by atoms with Crippen LogP contribution < -0.4 is 10.1 Å². The van der Waals surface area contributed by atoms with Crippen LogP contribution in [0.2, 0.25) is 0 Å². The van der Waals surface area contributed by atoms with Crippen LogP contribution in [0.25, 0.3) is 5.69 Å². The van der Waals surface area contributed by atoms with E-state index in [1.165, 1.54) is 25.3 Å². The predicted molar refractivity (Wildman–Crippen MR) is 103 cm³/mol. The van der Waals surface area contributed by atoms with Crippen molar-refractivity contribution in [1.82, 2.24) is 9.78 Å². The van der Waals surface area contributed by atoms with Crippen molar-refractivity contribution in [3.8, 4) is 11.4 Å². The molecule has 0 aliphatic heterocycles. The third-order valence-electron chi connectivity index (χ3n) is 4.60. The van der Waals surface area contributed by atoms with Gasteiger partial charge in [-0.2, -0.15) is 5.10 Å². The largest absolute Gasteiger partial charge is 0.495 e. The van der Waals surface area contributed by atoms with Gasteiger partial charge in [-0.15, -0.1) is 0 Å². The molecule has 142 valence electrons. The molecule has 2 aromatic carbocycles. The van der Waals surface area contributed by atoms with Crippen molar-refractivity contribution in [2.24, 2.45) is 0 Å². The Hall–Kier alpha value is -3.68. The summed E-state index contributed by atoms with van der Waals surface area (Å²) < 4.78 is 6.83. The molecule has 0 radical (unpaired) electrons. The molecule has 1 aliphatic carbocycles. The molecule has 8 heteroatoms. The molecule has 0 spiro atoms. The first kappa shape index (κ1) is 17.7. The van der Waals surface area contributed by atoms with Gasteiger partial charge < -0.3 is 10.1 Å². The van der Waals surface area contributed by atoms with E-state index >= 15 is 0 Å². The number of carbonyl (C=O) groups excluding carboxylic acids is 1. The minimum absolute atomic E-state index is 0.133. The topological polar surface area (TPSA) is 99.3 Å². The summed E-state index contributed by atoms with van der Waals surface area (Å²) in [5.41, 5.74) is 2.11. The number of nitro benzene ring substituents is 1. The highest BCUT2D eigenvalue weighted by Crippen LogP contribution is 2.40. The van der Waals surface area contributed by atoms with Crippen LogP contribution in [-0.4, -0.2) is 27.7 Å². The fraction of sp³-hybridized carbons (Fsp3) is 0.200. The van der Waals surface area contributed by atoms with Crippen molar-refractivity contribution in [3.63, 3.8) is 0 Å². The molecule has 1 fully saturated rings. The highest BCUT2D eigenvalue weighted by Gasteiger charge is 2.29. The fourth-order valence-electron chi connectivity index (χ4n) is 3.00. The van der Waals surface area contributed by atoms with Crippen molar-refractivity contribution in [2.75, 3.05) is 12.4 Å². The standard InChI is InChI=1S/C20H18N4O4/c1-28-19-10-9-15(24(26)27)11-17(19)21-20(25)18-12-16(13-7-8-13)22-23(18)14-5-3-2-4-6-14/h2-6,9-13H,7-8H2,1H3,(H,21,25). The van der Waals surface area contributed by atoms with Crippen molar-refractivity contribution in [1.29, 1.82) is 0 Å². The van der Waals surface area contributed by atoms with E-state index < -0.39 is 10.8 Å². The summed E-state index contributed by atoms with van der Waals surface area (Å²) in [6.45, 7) is 0. The Bertz CT molecular complexity index is 1040. The third-order valence-corrected chi connectivity index (χ3v) is 4.60. The molecule has 1 aromatic heterocycles. The summed E-state index contributed by atoms with van der Waals surface area (Å²) in [6, 6.07) is 15.2. The molecule has 1 aliphatic rings. The smallest absolute Gasteiger partial charge is 0.274 e. The minimum atomic E-state index is -0.519. The Kier molecular flexibility index (Phi) is 4.52. The van der Waals surface area contributed by atoms with E-state index in [4.69, 9.17) is 4.74 Å². The van der Waals surface area contributed by atoms with E-state index in [9.17, 15) is 14.9 Å². The first-order valence-electron chi connectivity index (χ1n) is 8.86. The molecular formula is C20H18N4O4. The van der Waals surface area contributed by atoms with Gasteiger partial charge >= 0.3 is 0 Å². The first-order chi connectivity index (χ1) is 13.6. The number of hydrogen-bond acceptors (Lipinski definition) is 5. The monoisotopic (exact) mass is 378 g/mol. The van der Waals surface area contributed by atoms with Gasteiger partial charge in [-0.25, -0.2) is 4.68 Å². The van der Waals surface area contributed by atoms with Gasteiger partial charge in [0.2, 0.25) is 0 Å². The molecule has 0 atom stereocenters. The van der Waals surface area contributed by atoms with E-state index in [0.717, 1.165) is 24.2 Å². The average molecular weight is 378 g/mol. The van der Waals surface area contributed by atoms with Crippen LogP contribution in [0.1, 0.15) is 34.9 Å². The fourth-order valence-corrected chi connectivity index (χ4v) is 3.00. The summed E-state index contributed by atoms with van der Waals surface area (Å²) >= 11 is 0. The molecule has 1 saturated carbocycles. The Morgan fingerprint density at radius 2 is 1.96 bits per heavy atom. The summed E-state index contributed by atoms with van der Waals surface area (Å²) in [6.07, 6.45) is 2.12. The molecule has 1 N–H and O–H groups in total. The quantitative estimate of drug-likeness (QED) is 0.518. The lowest BCUT2D eigenvalue weighted by atomic mass is 10.2. The van der Waals surface area contributed by atoms with Crippen molar-refractivity contribution >= 4 is 17.3 Å². The number of non-ortho nitro benzene ring substituents is 1. The maximum Gasteiger partial charge on any atom is 0.274 e. The van der Waals surface area contributed by atoms with Gasteiger partial charge in [0.1, 0.15) is 11.4 Å². The molecule has 3 aromatic rings. The van der Waals surface area contributed by atoms with E-state index in [-0.39, 0.29) is 11.4 Å². The maximum absolute atomic E-state index is 13.0. The molecular weight excluding hydrogens is 360 g/mol. The molecule has 1 amide bonds. The van der Waals surface area contributed by atoms with Crippen LogP contribution in [0.3, 0.4) is 0 Å². The highest BCUT2D eigenvalue weighted by molar-refractivity contribution is 6.04. The SMILES string of the molecule is COc1ccc([N+](=O)[O-])cc1NC(=O)c1cc(C2CC2)nn1-c1ccccc1. The first-order valence-corrected chi connectivity index (χ1v) is 8.86. The number of nitrogens with one attached hydrogen (secondary N) is 1. The maximum atomic E-state index is 13.0. The van der Waals surface area contributed by atoms with E-state index in [1.807, 2.05) is 30.3 Å². The number of amides is 1. The number of para-hydroxylation sites is 1. The van der Waals surface area contributed by atoms with Crippen LogP contribution in [0.4, 0.5) is 11.4 Å². The van der Waals surface area contributed by atoms with Gasteiger partial charge in [0.25, 0.3) is 11.6 Å². The molecule has 4 rings (SSSR count). The van der Waals surface area contributed by atoms with Gasteiger partial charge in [0, 0.05) is 18.1 Å². The van der Waals surface area contributed by atoms with Crippen molar-refractivity contribution < 1.29 is 14.5 Å². The van der Waals surface area contributed by atoms with Crippen LogP contribution >= 0.6 is 0 Å². The average Bonchev–Trinajstić information content (AvgIpc) is 3.46. The molecule has 8 nitrogen and oxygen atoms in total. The highest BCUT2D eigenvalue weighted by atomic mass is 16.6. The molecule has 0 bridgehead atoms. The van der Waals surface area contributed by atoms with Gasteiger partial charge in [-0.3, -0.25) is 14.9 Å². The van der Waals surface area contributed by atoms with Gasteiger partial charge in [-0.1, -0.05) is 18.2 Å². The van der Waals surface area contributed by atoms with E-state index in [2.05, 4.69) is 10.4 Å². The van der Waals surface area contributed by atoms with Crippen molar-refractivity contribution in [2.45, 2.75) is 18.8 Å². The Balaban J connectivity index is 1.71. The summed E-state index contributed by atoms with van der Waals surface area (Å²) in [5.74, 6) is 0.304. The number of hydrogen-bond donors (Lipinski definition) is 1. The number of methoxy groups -OCH3 is 1. The number of ether oxygens (including phenoxy) is 1. The van der Waals surface area contributed by atoms with E-state index in [0.29, 0.717) is 17.4 Å². The summed E-state index contributed by atoms with van der Waals surface area (Å²) in [5, 5.41) is 18.4. The number of nitro groups is 1. The molecule has 28 heavy (non-hydrogen) atoms. The molecule has 0 saturated heterocycles. The van der Waals surface area contributed by atoms with Crippen LogP contribution in [-0.2, 0) is 0 Å². The van der Waals surface area contributed by atoms with E-state index in [1.54, 1.807) is 10.7 Å². The second-order valence-electron chi connectivity index (χ2n) is 6.57.